The van der Waals surface area contributed by atoms with Crippen LogP contribution in [-0.4, -0.2) is 28.5 Å². The summed E-state index contributed by atoms with van der Waals surface area (Å²) in [6.45, 7) is 2.23. The van der Waals surface area contributed by atoms with E-state index >= 15 is 0 Å². The summed E-state index contributed by atoms with van der Waals surface area (Å²) in [6, 6.07) is 9.79. The highest BCUT2D eigenvalue weighted by atomic mass is 32.2. The lowest BCUT2D eigenvalue weighted by Crippen LogP contribution is -2.09. The van der Waals surface area contributed by atoms with Crippen molar-refractivity contribution in [2.75, 3.05) is 12.4 Å². The van der Waals surface area contributed by atoms with Gasteiger partial charge in [0.25, 0.3) is 0 Å². The molecule has 16 heavy (non-hydrogen) atoms. The van der Waals surface area contributed by atoms with Gasteiger partial charge in [-0.05, 0) is 12.0 Å². The van der Waals surface area contributed by atoms with Crippen LogP contribution in [0.5, 0.6) is 0 Å². The molecular formula is C13H18O2S. The average molecular weight is 238 g/mol. The maximum Gasteiger partial charge on any atom is 0.147 e. The van der Waals surface area contributed by atoms with E-state index in [0.717, 1.165) is 12.0 Å². The molecule has 0 saturated carbocycles. The van der Waals surface area contributed by atoms with E-state index in [1.165, 1.54) is 0 Å². The fourth-order valence-electron chi connectivity index (χ4n) is 1.37. The Labute approximate surface area is 101 Å². The van der Waals surface area contributed by atoms with Crippen LogP contribution in [0, 0.1) is 0 Å². The van der Waals surface area contributed by atoms with Crippen LogP contribution in [0.2, 0.25) is 0 Å². The number of Topliss-reactive ketones (excluding diaryl/α,β-unsaturated/α-hetero) is 1. The van der Waals surface area contributed by atoms with Gasteiger partial charge in [0.05, 0.1) is 5.75 Å². The first-order valence-electron chi connectivity index (χ1n) is 5.50. The molecule has 0 radical (unpaired) electrons. The van der Waals surface area contributed by atoms with Crippen LogP contribution in [0.25, 0.3) is 0 Å². The van der Waals surface area contributed by atoms with Gasteiger partial charge in [-0.3, -0.25) is 4.79 Å². The molecule has 0 aromatic heterocycles. The zero-order chi connectivity index (χ0) is 11.8. The molecule has 0 heterocycles. The molecule has 0 aliphatic carbocycles. The molecule has 2 nitrogen and oxygen atoms in total. The summed E-state index contributed by atoms with van der Waals surface area (Å²) in [7, 11) is 0. The van der Waals surface area contributed by atoms with Crippen molar-refractivity contribution < 1.29 is 9.90 Å². The number of carbonyl (C=O) groups excluding carboxylic acids is 1. The van der Waals surface area contributed by atoms with Crippen molar-refractivity contribution in [1.82, 2.24) is 0 Å². The van der Waals surface area contributed by atoms with Crippen molar-refractivity contribution in [2.45, 2.75) is 25.0 Å². The predicted molar refractivity (Wildman–Crippen MR) is 68.8 cm³/mol. The van der Waals surface area contributed by atoms with Crippen molar-refractivity contribution in [1.29, 1.82) is 0 Å². The number of hydrogen-bond acceptors (Lipinski definition) is 3. The van der Waals surface area contributed by atoms with Crippen LogP contribution in [-0.2, 0) is 11.2 Å². The monoisotopic (exact) mass is 238 g/mol. The van der Waals surface area contributed by atoms with Gasteiger partial charge in [0.2, 0.25) is 0 Å². The lowest BCUT2D eigenvalue weighted by atomic mass is 10.1. The number of aliphatic hydroxyl groups is 1. The van der Waals surface area contributed by atoms with E-state index in [1.807, 2.05) is 37.3 Å². The molecule has 0 fully saturated rings. The lowest BCUT2D eigenvalue weighted by Gasteiger charge is -2.08. The van der Waals surface area contributed by atoms with Crippen molar-refractivity contribution in [3.8, 4) is 0 Å². The molecule has 1 rings (SSSR count). The maximum atomic E-state index is 11.6. The van der Waals surface area contributed by atoms with E-state index in [9.17, 15) is 4.79 Å². The third kappa shape index (κ3) is 5.33. The molecule has 0 spiro atoms. The predicted octanol–water partition coefficient (Wildman–Crippen LogP) is 2.30. The molecule has 88 valence electrons. The van der Waals surface area contributed by atoms with Gasteiger partial charge < -0.3 is 5.11 Å². The molecule has 0 aliphatic rings. The first kappa shape index (κ1) is 13.3. The van der Waals surface area contributed by atoms with E-state index in [1.54, 1.807) is 11.8 Å². The van der Waals surface area contributed by atoms with Crippen LogP contribution in [0.15, 0.2) is 30.3 Å². The second kappa shape index (κ2) is 7.47. The molecule has 0 saturated heterocycles. The molecule has 1 N–H and O–H groups in total. The third-order valence-corrected chi connectivity index (χ3v) is 3.60. The molecule has 1 aromatic rings. The molecule has 1 unspecified atom stereocenters. The SMILES string of the molecule is CC(CCO)SCC(=O)Cc1ccccc1. The van der Waals surface area contributed by atoms with Crippen LogP contribution in [0.1, 0.15) is 18.9 Å². The average Bonchev–Trinajstić information content (AvgIpc) is 2.28. The largest absolute Gasteiger partial charge is 0.396 e. The Morgan fingerprint density at radius 3 is 2.69 bits per heavy atom. The highest BCUT2D eigenvalue weighted by molar-refractivity contribution is 8.00. The summed E-state index contributed by atoms with van der Waals surface area (Å²) in [6.07, 6.45) is 1.27. The quantitative estimate of drug-likeness (QED) is 0.792. The van der Waals surface area contributed by atoms with E-state index < -0.39 is 0 Å². The summed E-state index contributed by atoms with van der Waals surface area (Å²) in [5.41, 5.74) is 1.07. The topological polar surface area (TPSA) is 37.3 Å². The van der Waals surface area contributed by atoms with E-state index in [0.29, 0.717) is 17.4 Å². The Balaban J connectivity index is 2.26. The molecule has 0 bridgehead atoms. The number of aliphatic hydroxyl groups excluding tert-OH is 1. The van der Waals surface area contributed by atoms with E-state index in [4.69, 9.17) is 5.11 Å². The van der Waals surface area contributed by atoms with Crippen LogP contribution in [0.3, 0.4) is 0 Å². The standard InChI is InChI=1S/C13H18O2S/c1-11(7-8-14)16-10-13(15)9-12-5-3-2-4-6-12/h2-6,11,14H,7-10H2,1H3. The number of benzene rings is 1. The number of rotatable bonds is 7. The van der Waals surface area contributed by atoms with Gasteiger partial charge in [-0.1, -0.05) is 37.3 Å². The van der Waals surface area contributed by atoms with Gasteiger partial charge in [-0.25, -0.2) is 0 Å². The van der Waals surface area contributed by atoms with Crippen LogP contribution < -0.4 is 0 Å². The van der Waals surface area contributed by atoms with Gasteiger partial charge in [0, 0.05) is 18.3 Å². The fraction of sp³-hybridized carbons (Fsp3) is 0.462. The maximum absolute atomic E-state index is 11.6. The minimum atomic E-state index is 0.195. The van der Waals surface area contributed by atoms with E-state index in [2.05, 4.69) is 0 Å². The van der Waals surface area contributed by atoms with Gasteiger partial charge in [0.1, 0.15) is 5.78 Å². The molecule has 0 aliphatic heterocycles. The number of carbonyl (C=O) groups is 1. The number of hydrogen-bond donors (Lipinski definition) is 1. The van der Waals surface area contributed by atoms with Gasteiger partial charge >= 0.3 is 0 Å². The number of thioether (sulfide) groups is 1. The zero-order valence-electron chi connectivity index (χ0n) is 9.56. The highest BCUT2D eigenvalue weighted by Gasteiger charge is 2.07. The smallest absolute Gasteiger partial charge is 0.147 e. The fourth-order valence-corrected chi connectivity index (χ4v) is 2.22. The Kier molecular flexibility index (Phi) is 6.19. The van der Waals surface area contributed by atoms with E-state index in [-0.39, 0.29) is 12.4 Å². The summed E-state index contributed by atoms with van der Waals surface area (Å²) in [5, 5.41) is 9.09. The second-order valence-electron chi connectivity index (χ2n) is 3.83. The van der Waals surface area contributed by atoms with Crippen molar-refractivity contribution in [3.63, 3.8) is 0 Å². The first-order valence-corrected chi connectivity index (χ1v) is 6.55. The van der Waals surface area contributed by atoms with Crippen LogP contribution in [0.4, 0.5) is 0 Å². The third-order valence-electron chi connectivity index (χ3n) is 2.31. The number of ketones is 1. The van der Waals surface area contributed by atoms with Gasteiger partial charge in [-0.2, -0.15) is 11.8 Å². The summed E-state index contributed by atoms with van der Waals surface area (Å²) >= 11 is 1.62. The van der Waals surface area contributed by atoms with Crippen LogP contribution >= 0.6 is 11.8 Å². The van der Waals surface area contributed by atoms with Gasteiger partial charge in [-0.15, -0.1) is 0 Å². The highest BCUT2D eigenvalue weighted by Crippen LogP contribution is 2.14. The second-order valence-corrected chi connectivity index (χ2v) is 5.26. The molecule has 3 heteroatoms. The normalized spacial score (nSPS) is 12.4. The molecular weight excluding hydrogens is 220 g/mol. The molecule has 0 amide bonds. The first-order chi connectivity index (χ1) is 7.72. The van der Waals surface area contributed by atoms with Crippen molar-refractivity contribution in [2.24, 2.45) is 0 Å². The zero-order valence-corrected chi connectivity index (χ0v) is 10.4. The van der Waals surface area contributed by atoms with Crippen molar-refractivity contribution >= 4 is 17.5 Å². The minimum absolute atomic E-state index is 0.195. The summed E-state index contributed by atoms with van der Waals surface area (Å²) in [4.78, 5) is 11.6. The Morgan fingerprint density at radius 2 is 2.06 bits per heavy atom. The minimum Gasteiger partial charge on any atom is -0.396 e. The van der Waals surface area contributed by atoms with Crippen molar-refractivity contribution in [3.05, 3.63) is 35.9 Å². The lowest BCUT2D eigenvalue weighted by molar-refractivity contribution is -0.116. The molecule has 1 atom stereocenters. The molecule has 1 aromatic carbocycles. The Hall–Kier alpha value is -0.800. The Bertz CT molecular complexity index is 311. The Morgan fingerprint density at radius 1 is 1.38 bits per heavy atom. The van der Waals surface area contributed by atoms with Gasteiger partial charge in [0.15, 0.2) is 0 Å². The summed E-state index contributed by atoms with van der Waals surface area (Å²) < 4.78 is 0. The summed E-state index contributed by atoms with van der Waals surface area (Å²) in [5.74, 6) is 0.789.